The molecule has 4 aliphatic carbocycles. The summed E-state index contributed by atoms with van der Waals surface area (Å²) in [5.74, 6) is -3.65. The van der Waals surface area contributed by atoms with Crippen LogP contribution in [0.3, 0.4) is 0 Å². The van der Waals surface area contributed by atoms with Gasteiger partial charge in [0, 0.05) is 6.42 Å². The molecule has 74 heavy (non-hydrogen) atoms. The molecule has 0 aromatic rings. The zero-order valence-electron chi connectivity index (χ0n) is 41.2. The highest BCUT2D eigenvalue weighted by atomic mass is 16.8. The normalized spacial score (nSPS) is 50.5. The number of esters is 2. The molecule has 1 spiro atoms. The quantitative estimate of drug-likeness (QED) is 0.0317. The summed E-state index contributed by atoms with van der Waals surface area (Å²) in [7, 11) is 0. The number of fused-ring (bicyclic) bond motifs is 3. The summed E-state index contributed by atoms with van der Waals surface area (Å²) < 4.78 is 53.6. The summed E-state index contributed by atoms with van der Waals surface area (Å²) in [6.07, 6.45) is -31.6. The smallest absolute Gasteiger partial charge is 0.317 e. The van der Waals surface area contributed by atoms with Gasteiger partial charge in [0.25, 0.3) is 0 Å². The summed E-state index contributed by atoms with van der Waals surface area (Å²) in [5, 5.41) is 149. The van der Waals surface area contributed by atoms with Gasteiger partial charge >= 0.3 is 17.9 Å². The molecule has 2 bridgehead atoms. The van der Waals surface area contributed by atoms with E-state index in [4.69, 9.17) is 47.7 Å². The van der Waals surface area contributed by atoms with Crippen molar-refractivity contribution in [1.29, 1.82) is 0 Å². The predicted molar refractivity (Wildman–Crippen MR) is 240 cm³/mol. The Balaban J connectivity index is 1.04. The highest BCUT2D eigenvalue weighted by Gasteiger charge is 2.70. The number of carbonyl (C=O) groups is 3. The minimum Gasteiger partial charge on any atom is -0.481 e. The number of rotatable bonds is 15. The van der Waals surface area contributed by atoms with E-state index in [-0.39, 0.29) is 11.8 Å². The monoisotopic (exact) mass is 1070 g/mol. The molecule has 8 rings (SSSR count). The molecule has 8 fully saturated rings. The Morgan fingerprint density at radius 1 is 0.622 bits per heavy atom. The van der Waals surface area contributed by atoms with Crippen molar-refractivity contribution in [2.45, 2.75) is 213 Å². The van der Waals surface area contributed by atoms with Crippen molar-refractivity contribution in [3.63, 3.8) is 0 Å². The van der Waals surface area contributed by atoms with Crippen molar-refractivity contribution in [1.82, 2.24) is 0 Å². The topological polar surface area (TPSA) is 418 Å². The fourth-order valence-electron chi connectivity index (χ4n) is 14.0. The van der Waals surface area contributed by atoms with Crippen LogP contribution < -0.4 is 0 Å². The lowest BCUT2D eigenvalue weighted by molar-refractivity contribution is -0.392. The molecular formula is C48H74O26. The van der Waals surface area contributed by atoms with E-state index in [0.29, 0.717) is 56.9 Å². The fraction of sp³-hybridized carbons (Fsp3) is 0.896. The van der Waals surface area contributed by atoms with Crippen LogP contribution in [0.1, 0.15) is 84.5 Å². The van der Waals surface area contributed by atoms with Crippen LogP contribution in [0.5, 0.6) is 0 Å². The van der Waals surface area contributed by atoms with Crippen LogP contribution >= 0.6 is 0 Å². The molecule has 26 atom stereocenters. The average molecular weight is 1070 g/mol. The fourth-order valence-corrected chi connectivity index (χ4v) is 14.0. The molecule has 422 valence electrons. The largest absolute Gasteiger partial charge is 0.481 e. The van der Waals surface area contributed by atoms with Gasteiger partial charge in [0.2, 0.25) is 6.29 Å². The number of aliphatic hydroxyl groups excluding tert-OH is 13. The molecule has 0 amide bonds. The zero-order chi connectivity index (χ0) is 54.0. The summed E-state index contributed by atoms with van der Waals surface area (Å²) in [4.78, 5) is 37.4. The van der Waals surface area contributed by atoms with Gasteiger partial charge in [-0.25, -0.2) is 0 Å². The van der Waals surface area contributed by atoms with E-state index >= 15 is 0 Å². The third-order valence-corrected chi connectivity index (χ3v) is 17.8. The van der Waals surface area contributed by atoms with Gasteiger partial charge in [-0.15, -0.1) is 0 Å². The van der Waals surface area contributed by atoms with Crippen LogP contribution in [-0.4, -0.2) is 244 Å². The van der Waals surface area contributed by atoms with Crippen LogP contribution in [0.2, 0.25) is 0 Å². The highest BCUT2D eigenvalue weighted by Crippen LogP contribution is 2.74. The molecule has 26 nitrogen and oxygen atoms in total. The summed E-state index contributed by atoms with van der Waals surface area (Å²) in [6.45, 7) is 5.29. The van der Waals surface area contributed by atoms with Crippen molar-refractivity contribution in [3.05, 3.63) is 12.2 Å². The first kappa shape index (κ1) is 57.5. The molecule has 8 aliphatic rings. The lowest BCUT2D eigenvalue weighted by Crippen LogP contribution is -2.67. The van der Waals surface area contributed by atoms with E-state index in [9.17, 15) is 80.8 Å². The third-order valence-electron chi connectivity index (χ3n) is 17.8. The second-order valence-electron chi connectivity index (χ2n) is 22.3. The number of carboxylic acid groups (broad SMARTS) is 1. The van der Waals surface area contributed by atoms with Gasteiger partial charge in [0.05, 0.1) is 43.0 Å². The van der Waals surface area contributed by atoms with Crippen LogP contribution in [0.25, 0.3) is 0 Å². The van der Waals surface area contributed by atoms with Gasteiger partial charge in [0.15, 0.2) is 18.9 Å². The van der Waals surface area contributed by atoms with Crippen LogP contribution in [0, 0.1) is 28.1 Å². The zero-order valence-corrected chi connectivity index (χ0v) is 41.2. The number of ether oxygens (including phenoxy) is 9. The summed E-state index contributed by atoms with van der Waals surface area (Å²) in [6, 6.07) is 0. The molecule has 12 unspecified atom stereocenters. The maximum atomic E-state index is 14.5. The lowest BCUT2D eigenvalue weighted by atomic mass is 9.41. The van der Waals surface area contributed by atoms with Crippen LogP contribution in [0.4, 0.5) is 0 Å². The number of aliphatic carboxylic acids is 1. The van der Waals surface area contributed by atoms with E-state index in [2.05, 4.69) is 13.5 Å². The molecule has 4 saturated carbocycles. The van der Waals surface area contributed by atoms with Gasteiger partial charge in [0.1, 0.15) is 98.5 Å². The number of hydrogen-bond acceptors (Lipinski definition) is 25. The van der Waals surface area contributed by atoms with E-state index in [1.165, 1.54) is 0 Å². The number of aliphatic hydroxyl groups is 13. The molecule has 4 aliphatic heterocycles. The molecule has 0 radical (unpaired) electrons. The molecule has 0 aromatic carbocycles. The minimum absolute atomic E-state index is 0.0398. The van der Waals surface area contributed by atoms with E-state index < -0.39 is 202 Å². The van der Waals surface area contributed by atoms with Crippen molar-refractivity contribution in [3.8, 4) is 0 Å². The van der Waals surface area contributed by atoms with Crippen LogP contribution in [-0.2, 0) is 57.0 Å². The number of carbonyl (C=O) groups excluding carboxylic acids is 2. The van der Waals surface area contributed by atoms with Gasteiger partial charge in [-0.1, -0.05) is 19.9 Å². The Bertz CT molecular complexity index is 2010. The second kappa shape index (κ2) is 22.2. The Morgan fingerprint density at radius 3 is 1.85 bits per heavy atom. The SMILES string of the molecule is C=C1C[C@@]23CC[C@H]4[C@@](C)(CCC[C@@]4(C)C(=O)O[C@@H]4OC(COC(=O)CC(=O)O)[C@@H](O)C(O)C4O)[C@@H]2CC[C@]1(OC1O[C@H](CO)C(O)C(OC2O[C@H](CO)C(O)C(O)[C@H]2O)[C@H]1O[C@@H]1OC(CO)[C@@H](O)CC(O)C1O)C3. The molecule has 4 heterocycles. The Kier molecular flexibility index (Phi) is 17.3. The van der Waals surface area contributed by atoms with Gasteiger partial charge in [-0.05, 0) is 86.5 Å². The van der Waals surface area contributed by atoms with Gasteiger partial charge < -0.3 is 114 Å². The van der Waals surface area contributed by atoms with Crippen LogP contribution in [0.15, 0.2) is 12.2 Å². The Morgan fingerprint density at radius 2 is 1.19 bits per heavy atom. The average Bonchev–Trinajstić information content (AvgIpc) is 3.48. The molecule has 14 N–H and O–H groups in total. The first-order chi connectivity index (χ1) is 34.9. The lowest BCUT2D eigenvalue weighted by Gasteiger charge is -2.64. The number of carboxylic acids is 1. The second-order valence-corrected chi connectivity index (χ2v) is 22.3. The number of hydrogen-bond donors (Lipinski definition) is 14. The molecule has 4 saturated heterocycles. The van der Waals surface area contributed by atoms with E-state index in [0.717, 1.165) is 6.42 Å². The van der Waals surface area contributed by atoms with Gasteiger partial charge in [-0.2, -0.15) is 0 Å². The first-order valence-corrected chi connectivity index (χ1v) is 25.4. The van der Waals surface area contributed by atoms with Crippen molar-refractivity contribution in [2.24, 2.45) is 28.1 Å². The van der Waals surface area contributed by atoms with Crippen molar-refractivity contribution in [2.75, 3.05) is 26.4 Å². The molecular weight excluding hydrogens is 993 g/mol. The van der Waals surface area contributed by atoms with E-state index in [1.54, 1.807) is 6.92 Å². The first-order valence-electron chi connectivity index (χ1n) is 25.4. The Labute approximate surface area is 425 Å². The molecule has 0 aromatic heterocycles. The Hall–Kier alpha value is -2.65. The van der Waals surface area contributed by atoms with Gasteiger partial charge in [-0.3, -0.25) is 14.4 Å². The minimum atomic E-state index is -1.98. The van der Waals surface area contributed by atoms with E-state index in [1.807, 2.05) is 0 Å². The summed E-state index contributed by atoms with van der Waals surface area (Å²) >= 11 is 0. The highest BCUT2D eigenvalue weighted by molar-refractivity contribution is 5.90. The maximum absolute atomic E-state index is 14.5. The predicted octanol–water partition coefficient (Wildman–Crippen LogP) is -4.70. The summed E-state index contributed by atoms with van der Waals surface area (Å²) in [5.41, 5.74) is -2.65. The molecule has 26 heteroatoms. The third kappa shape index (κ3) is 10.4. The van der Waals surface area contributed by atoms with Crippen molar-refractivity contribution < 1.29 is 129 Å². The maximum Gasteiger partial charge on any atom is 0.317 e. The standard InChI is InChI=1S/C48H74O26/c1-19-13-47-9-5-26-45(2,7-4-8-46(26,3)44(65)73-42-37(64)35(62)32(59)25(70-42)17-66-29(56)12-28(54)55)27(47)6-10-48(19,18-47)74-43-39(72-40-30(57)21(53)11-20(52)22(14-49)67-40)38(33(60)24(16-51)69-43)71-41-36(63)34(61)31(58)23(15-50)68-41/h20-27,30-43,49-53,57-64H,1,4-18H2,2-3H3,(H,54,55)/t20-,21?,22?,23+,24+,25?,26-,27-,30?,31?,32+,33?,34?,35?,36+,37?,38?,39+,40-,41?,42-,43?,45+,46+,47+,48-/m0/s1. The van der Waals surface area contributed by atoms with Crippen molar-refractivity contribution >= 4 is 17.9 Å².